The third-order valence-electron chi connectivity index (χ3n) is 5.70. The van der Waals surface area contributed by atoms with E-state index in [0.29, 0.717) is 47.4 Å². The number of carbonyl (C=O) groups excluding carboxylic acids is 2. The maximum Gasteiger partial charge on any atom is 0.360 e. The van der Waals surface area contributed by atoms with E-state index in [-0.39, 0.29) is 30.9 Å². The quantitative estimate of drug-likeness (QED) is 0.513. The minimum absolute atomic E-state index is 0.0248. The van der Waals surface area contributed by atoms with Crippen LogP contribution in [0.25, 0.3) is 5.69 Å². The minimum atomic E-state index is -0.567. The van der Waals surface area contributed by atoms with Crippen molar-refractivity contribution in [1.29, 1.82) is 0 Å². The molecule has 2 aliphatic rings. The number of rotatable bonds is 6. The predicted molar refractivity (Wildman–Crippen MR) is 117 cm³/mol. The Hall–Kier alpha value is -3.59. The van der Waals surface area contributed by atoms with Gasteiger partial charge in [-0.15, -0.1) is 5.10 Å². The van der Waals surface area contributed by atoms with Gasteiger partial charge in [0.25, 0.3) is 0 Å². The van der Waals surface area contributed by atoms with Crippen LogP contribution in [0.3, 0.4) is 0 Å². The van der Waals surface area contributed by atoms with Gasteiger partial charge >= 0.3 is 5.97 Å². The first kappa shape index (κ1) is 21.3. The maximum atomic E-state index is 12.6. The van der Waals surface area contributed by atoms with Crippen molar-refractivity contribution in [3.05, 3.63) is 64.4 Å². The molecular weight excluding hydrogens is 448 g/mol. The van der Waals surface area contributed by atoms with E-state index >= 15 is 0 Å². The van der Waals surface area contributed by atoms with E-state index in [2.05, 4.69) is 10.3 Å². The van der Waals surface area contributed by atoms with Crippen molar-refractivity contribution in [2.24, 2.45) is 5.92 Å². The Morgan fingerprint density at radius 1 is 1.21 bits per heavy atom. The fourth-order valence-corrected chi connectivity index (χ4v) is 4.20. The molecule has 33 heavy (non-hydrogen) atoms. The van der Waals surface area contributed by atoms with Crippen LogP contribution in [0.15, 0.2) is 42.5 Å². The number of benzene rings is 2. The lowest BCUT2D eigenvalue weighted by atomic mass is 10.1. The molecule has 0 spiro atoms. The molecule has 5 rings (SSSR count). The molecule has 0 aliphatic carbocycles. The predicted octanol–water partition coefficient (Wildman–Crippen LogP) is 3.16. The summed E-state index contributed by atoms with van der Waals surface area (Å²) in [6.45, 7) is 3.05. The van der Waals surface area contributed by atoms with E-state index in [9.17, 15) is 9.59 Å². The summed E-state index contributed by atoms with van der Waals surface area (Å²) in [4.78, 5) is 26.8. The van der Waals surface area contributed by atoms with Crippen LogP contribution in [-0.4, -0.2) is 51.7 Å². The van der Waals surface area contributed by atoms with Crippen LogP contribution in [-0.2, 0) is 16.1 Å². The zero-order chi connectivity index (χ0) is 22.9. The molecule has 170 valence electrons. The number of aromatic nitrogens is 3. The normalized spacial score (nSPS) is 17.0. The largest absolute Gasteiger partial charge is 0.460 e. The van der Waals surface area contributed by atoms with Gasteiger partial charge in [0.2, 0.25) is 12.7 Å². The highest BCUT2D eigenvalue weighted by Gasteiger charge is 2.31. The molecule has 1 fully saturated rings. The molecule has 3 aromatic rings. The van der Waals surface area contributed by atoms with Crippen molar-refractivity contribution >= 4 is 23.5 Å². The molecule has 3 heterocycles. The number of nitrogens with zero attached hydrogens (tertiary/aromatic N) is 4. The molecule has 0 radical (unpaired) electrons. The average molecular weight is 469 g/mol. The van der Waals surface area contributed by atoms with Crippen LogP contribution in [0.2, 0.25) is 5.02 Å². The van der Waals surface area contributed by atoms with Gasteiger partial charge in [0, 0.05) is 30.5 Å². The number of hydrogen-bond acceptors (Lipinski definition) is 7. The number of halogens is 1. The van der Waals surface area contributed by atoms with E-state index in [1.54, 1.807) is 30.0 Å². The van der Waals surface area contributed by atoms with Gasteiger partial charge in [-0.25, -0.2) is 9.48 Å². The summed E-state index contributed by atoms with van der Waals surface area (Å²) in [6.07, 6.45) is 0.325. The summed E-state index contributed by atoms with van der Waals surface area (Å²) in [6, 6.07) is 12.7. The van der Waals surface area contributed by atoms with Gasteiger partial charge in [-0.2, -0.15) is 0 Å². The second kappa shape index (κ2) is 8.74. The first-order valence-corrected chi connectivity index (χ1v) is 10.9. The lowest BCUT2D eigenvalue weighted by Crippen LogP contribution is -2.25. The molecule has 10 heteroatoms. The van der Waals surface area contributed by atoms with Crippen LogP contribution in [0.4, 0.5) is 0 Å². The molecule has 9 nitrogen and oxygen atoms in total. The minimum Gasteiger partial charge on any atom is -0.460 e. The number of esters is 1. The lowest BCUT2D eigenvalue weighted by Gasteiger charge is -2.17. The van der Waals surface area contributed by atoms with Gasteiger partial charge in [0.1, 0.15) is 0 Å². The van der Waals surface area contributed by atoms with Crippen LogP contribution < -0.4 is 9.47 Å². The van der Waals surface area contributed by atoms with E-state index in [0.717, 1.165) is 5.56 Å². The summed E-state index contributed by atoms with van der Waals surface area (Å²) in [5.41, 5.74) is 2.34. The second-order valence-corrected chi connectivity index (χ2v) is 8.48. The Bertz CT molecular complexity index is 1230. The molecular formula is C23H21ClN4O5. The highest BCUT2D eigenvalue weighted by molar-refractivity contribution is 6.30. The van der Waals surface area contributed by atoms with Crippen molar-refractivity contribution in [3.8, 4) is 17.2 Å². The Labute approximate surface area is 194 Å². The van der Waals surface area contributed by atoms with Crippen molar-refractivity contribution in [1.82, 2.24) is 19.9 Å². The third-order valence-corrected chi connectivity index (χ3v) is 5.93. The van der Waals surface area contributed by atoms with E-state index in [4.69, 9.17) is 25.8 Å². The summed E-state index contributed by atoms with van der Waals surface area (Å²) < 4.78 is 17.7. The Morgan fingerprint density at radius 3 is 2.91 bits per heavy atom. The van der Waals surface area contributed by atoms with Crippen molar-refractivity contribution < 1.29 is 23.8 Å². The fourth-order valence-electron chi connectivity index (χ4n) is 4.01. The van der Waals surface area contributed by atoms with E-state index < -0.39 is 5.97 Å². The molecule has 1 saturated heterocycles. The van der Waals surface area contributed by atoms with Crippen LogP contribution in [0.5, 0.6) is 11.5 Å². The highest BCUT2D eigenvalue weighted by Crippen LogP contribution is 2.33. The zero-order valence-electron chi connectivity index (χ0n) is 17.9. The number of carbonyl (C=O) groups is 2. The summed E-state index contributed by atoms with van der Waals surface area (Å²) in [7, 11) is 0. The smallest absolute Gasteiger partial charge is 0.360 e. The van der Waals surface area contributed by atoms with Gasteiger partial charge in [0.15, 0.2) is 17.2 Å². The third kappa shape index (κ3) is 4.36. The zero-order valence-corrected chi connectivity index (χ0v) is 18.6. The maximum absolute atomic E-state index is 12.6. The molecule has 0 saturated carbocycles. The molecule has 0 N–H and O–H groups in total. The number of likely N-dealkylation sites (tertiary alicyclic amines) is 1. The summed E-state index contributed by atoms with van der Waals surface area (Å²) in [5, 5.41) is 8.58. The van der Waals surface area contributed by atoms with Crippen molar-refractivity contribution in [2.75, 3.05) is 19.9 Å². The molecule has 0 bridgehead atoms. The molecule has 1 amide bonds. The van der Waals surface area contributed by atoms with Gasteiger partial charge in [-0.3, -0.25) is 4.79 Å². The first-order valence-electron chi connectivity index (χ1n) is 10.5. The van der Waals surface area contributed by atoms with E-state index in [1.807, 2.05) is 24.3 Å². The average Bonchev–Trinajstić information content (AvgIpc) is 3.51. The SMILES string of the molecule is Cc1c(C(=O)OCC2CC(=O)N(Cc3ccc4c(c3)OCO4)C2)nnn1-c1cccc(Cl)c1. The number of hydrogen-bond donors (Lipinski definition) is 0. The van der Waals surface area contributed by atoms with Gasteiger partial charge in [-0.05, 0) is 42.8 Å². The standard InChI is InChI=1S/C23H21ClN4O5/c1-14-22(25-26-28(14)18-4-2-3-17(24)9-18)23(30)31-12-16-8-21(29)27(11-16)10-15-5-6-19-20(7-15)33-13-32-19/h2-7,9,16H,8,10-13H2,1H3. The number of amides is 1. The molecule has 1 atom stereocenters. The van der Waals surface area contributed by atoms with Crippen LogP contribution in [0, 0.1) is 12.8 Å². The Balaban J connectivity index is 1.18. The van der Waals surface area contributed by atoms with Crippen molar-refractivity contribution in [2.45, 2.75) is 19.9 Å². The molecule has 1 aromatic heterocycles. The summed E-state index contributed by atoms with van der Waals surface area (Å²) in [5.74, 6) is 0.766. The topological polar surface area (TPSA) is 95.8 Å². The lowest BCUT2D eigenvalue weighted by molar-refractivity contribution is -0.128. The monoisotopic (exact) mass is 468 g/mol. The number of fused-ring (bicyclic) bond motifs is 1. The second-order valence-electron chi connectivity index (χ2n) is 8.05. The fraction of sp³-hybridized carbons (Fsp3) is 0.304. The van der Waals surface area contributed by atoms with Crippen LogP contribution in [0.1, 0.15) is 28.2 Å². The van der Waals surface area contributed by atoms with Crippen molar-refractivity contribution in [3.63, 3.8) is 0 Å². The van der Waals surface area contributed by atoms with Gasteiger partial charge in [-0.1, -0.05) is 28.9 Å². The molecule has 2 aliphatic heterocycles. The number of ether oxygens (including phenoxy) is 3. The van der Waals surface area contributed by atoms with Gasteiger partial charge in [0.05, 0.1) is 18.0 Å². The Morgan fingerprint density at radius 2 is 2.06 bits per heavy atom. The van der Waals surface area contributed by atoms with E-state index in [1.165, 1.54) is 4.68 Å². The first-order chi connectivity index (χ1) is 16.0. The Kier molecular flexibility index (Phi) is 5.63. The van der Waals surface area contributed by atoms with Gasteiger partial charge < -0.3 is 19.1 Å². The molecule has 2 aromatic carbocycles. The van der Waals surface area contributed by atoms with Crippen LogP contribution >= 0.6 is 11.6 Å². The highest BCUT2D eigenvalue weighted by atomic mass is 35.5. The molecule has 1 unspecified atom stereocenters. The summed E-state index contributed by atoms with van der Waals surface area (Å²) >= 11 is 6.04.